The van der Waals surface area contributed by atoms with Crippen LogP contribution >= 0.6 is 0 Å². The van der Waals surface area contributed by atoms with Gasteiger partial charge < -0.3 is 10.0 Å². The van der Waals surface area contributed by atoms with E-state index in [1.807, 2.05) is 0 Å². The van der Waals surface area contributed by atoms with Gasteiger partial charge in [-0.25, -0.2) is 0 Å². The first-order valence-corrected chi connectivity index (χ1v) is 7.67. The molecule has 2 rings (SSSR count). The van der Waals surface area contributed by atoms with Crippen molar-refractivity contribution >= 4 is 0 Å². The Balaban J connectivity index is 1.91. The Morgan fingerprint density at radius 1 is 1.24 bits per heavy atom. The molecule has 0 aliphatic carbocycles. The van der Waals surface area contributed by atoms with Crippen LogP contribution in [-0.4, -0.2) is 54.7 Å². The Labute approximate surface area is 128 Å². The number of nitrogens with zero attached hydrogens (tertiary/aromatic N) is 2. The number of aliphatic hydroxyl groups excluding tert-OH is 1. The SMILES string of the molecule is CC1CN(Cc2ccc(C#CCCO)cc2)CC1N(C)C. The van der Waals surface area contributed by atoms with Gasteiger partial charge in [-0.15, -0.1) is 0 Å². The van der Waals surface area contributed by atoms with Crippen LogP contribution in [0.5, 0.6) is 0 Å². The van der Waals surface area contributed by atoms with Crippen LogP contribution in [0.3, 0.4) is 0 Å². The minimum Gasteiger partial charge on any atom is -0.395 e. The van der Waals surface area contributed by atoms with Crippen LogP contribution in [0.1, 0.15) is 24.5 Å². The van der Waals surface area contributed by atoms with E-state index >= 15 is 0 Å². The fourth-order valence-electron chi connectivity index (χ4n) is 3.02. The van der Waals surface area contributed by atoms with Gasteiger partial charge in [-0.05, 0) is 37.7 Å². The van der Waals surface area contributed by atoms with Crippen molar-refractivity contribution in [1.82, 2.24) is 9.80 Å². The van der Waals surface area contributed by atoms with Crippen molar-refractivity contribution in [2.24, 2.45) is 5.92 Å². The number of rotatable bonds is 4. The quantitative estimate of drug-likeness (QED) is 0.855. The number of hydrogen-bond acceptors (Lipinski definition) is 3. The van der Waals surface area contributed by atoms with Gasteiger partial charge >= 0.3 is 0 Å². The van der Waals surface area contributed by atoms with Gasteiger partial charge in [0.05, 0.1) is 6.61 Å². The lowest BCUT2D eigenvalue weighted by atomic mass is 10.1. The first-order chi connectivity index (χ1) is 10.1. The maximum Gasteiger partial charge on any atom is 0.0540 e. The molecule has 2 unspecified atom stereocenters. The molecule has 1 aliphatic heterocycles. The lowest BCUT2D eigenvalue weighted by Gasteiger charge is -2.22. The van der Waals surface area contributed by atoms with E-state index in [4.69, 9.17) is 5.11 Å². The molecule has 114 valence electrons. The van der Waals surface area contributed by atoms with Crippen molar-refractivity contribution in [1.29, 1.82) is 0 Å². The number of hydrogen-bond donors (Lipinski definition) is 1. The summed E-state index contributed by atoms with van der Waals surface area (Å²) in [7, 11) is 4.34. The number of benzene rings is 1. The second kappa shape index (κ2) is 7.61. The molecule has 0 radical (unpaired) electrons. The van der Waals surface area contributed by atoms with Crippen LogP contribution in [0, 0.1) is 17.8 Å². The summed E-state index contributed by atoms with van der Waals surface area (Å²) >= 11 is 0. The fourth-order valence-corrected chi connectivity index (χ4v) is 3.02. The highest BCUT2D eigenvalue weighted by Gasteiger charge is 2.30. The summed E-state index contributed by atoms with van der Waals surface area (Å²) in [4.78, 5) is 4.87. The molecule has 0 amide bonds. The Bertz CT molecular complexity index is 498. The molecule has 0 spiro atoms. The third kappa shape index (κ3) is 4.57. The molecule has 3 nitrogen and oxygen atoms in total. The normalized spacial score (nSPS) is 22.3. The molecular weight excluding hydrogens is 260 g/mol. The van der Waals surface area contributed by atoms with Gasteiger partial charge in [0.25, 0.3) is 0 Å². The summed E-state index contributed by atoms with van der Waals surface area (Å²) in [6.07, 6.45) is 0.541. The van der Waals surface area contributed by atoms with Gasteiger partial charge in [0, 0.05) is 37.7 Å². The summed E-state index contributed by atoms with van der Waals surface area (Å²) in [5.41, 5.74) is 2.36. The third-order valence-corrected chi connectivity index (χ3v) is 4.14. The van der Waals surface area contributed by atoms with Crippen molar-refractivity contribution in [3.63, 3.8) is 0 Å². The Kier molecular flexibility index (Phi) is 5.81. The molecule has 1 saturated heterocycles. The van der Waals surface area contributed by atoms with Crippen molar-refractivity contribution in [3.8, 4) is 11.8 Å². The molecule has 0 bridgehead atoms. The maximum atomic E-state index is 8.72. The highest BCUT2D eigenvalue weighted by Crippen LogP contribution is 2.21. The molecule has 1 fully saturated rings. The first kappa shape index (κ1) is 16.0. The molecule has 1 aromatic carbocycles. The van der Waals surface area contributed by atoms with E-state index in [-0.39, 0.29) is 6.61 Å². The van der Waals surface area contributed by atoms with Gasteiger partial charge in [0.15, 0.2) is 0 Å². The predicted molar refractivity (Wildman–Crippen MR) is 86.9 cm³/mol. The van der Waals surface area contributed by atoms with E-state index in [0.717, 1.165) is 24.6 Å². The zero-order chi connectivity index (χ0) is 15.2. The molecule has 3 heteroatoms. The van der Waals surface area contributed by atoms with E-state index in [1.54, 1.807) is 0 Å². The molecule has 1 aromatic rings. The van der Waals surface area contributed by atoms with Crippen LogP contribution in [0.2, 0.25) is 0 Å². The third-order valence-electron chi connectivity index (χ3n) is 4.14. The summed E-state index contributed by atoms with van der Waals surface area (Å²) in [6, 6.07) is 9.13. The largest absolute Gasteiger partial charge is 0.395 e. The molecule has 21 heavy (non-hydrogen) atoms. The predicted octanol–water partition coefficient (Wildman–Crippen LogP) is 1.80. The molecule has 1 N–H and O–H groups in total. The highest BCUT2D eigenvalue weighted by atomic mass is 16.2. The summed E-state index contributed by atoms with van der Waals surface area (Å²) in [5.74, 6) is 6.74. The average molecular weight is 286 g/mol. The van der Waals surface area contributed by atoms with Crippen molar-refractivity contribution in [2.75, 3.05) is 33.8 Å². The number of aliphatic hydroxyl groups is 1. The Hall–Kier alpha value is -1.34. The molecule has 1 aliphatic rings. The van der Waals surface area contributed by atoms with Gasteiger partial charge in [-0.1, -0.05) is 30.9 Å². The summed E-state index contributed by atoms with van der Waals surface area (Å²) < 4.78 is 0. The Morgan fingerprint density at radius 3 is 2.52 bits per heavy atom. The molecule has 0 saturated carbocycles. The average Bonchev–Trinajstić information content (AvgIpc) is 2.82. The molecule has 2 atom stereocenters. The second-order valence-corrected chi connectivity index (χ2v) is 6.17. The van der Waals surface area contributed by atoms with Crippen molar-refractivity contribution in [3.05, 3.63) is 35.4 Å². The van der Waals surface area contributed by atoms with Crippen molar-refractivity contribution in [2.45, 2.75) is 25.9 Å². The van der Waals surface area contributed by atoms with Crippen LogP contribution in [0.15, 0.2) is 24.3 Å². The van der Waals surface area contributed by atoms with E-state index < -0.39 is 0 Å². The lowest BCUT2D eigenvalue weighted by Crippen LogP contribution is -2.34. The number of likely N-dealkylation sites (N-methyl/N-ethyl adjacent to an activating group) is 1. The Morgan fingerprint density at radius 2 is 1.95 bits per heavy atom. The minimum absolute atomic E-state index is 0.130. The van der Waals surface area contributed by atoms with Crippen LogP contribution in [0.25, 0.3) is 0 Å². The lowest BCUT2D eigenvalue weighted by molar-refractivity contribution is 0.250. The monoisotopic (exact) mass is 286 g/mol. The summed E-state index contributed by atoms with van der Waals surface area (Å²) in [5, 5.41) is 8.72. The van der Waals surface area contributed by atoms with Crippen LogP contribution in [0.4, 0.5) is 0 Å². The number of likely N-dealkylation sites (tertiary alicyclic amines) is 1. The first-order valence-electron chi connectivity index (χ1n) is 7.67. The zero-order valence-electron chi connectivity index (χ0n) is 13.3. The molecule has 0 aromatic heterocycles. The topological polar surface area (TPSA) is 26.7 Å². The van der Waals surface area contributed by atoms with Crippen LogP contribution in [-0.2, 0) is 6.54 Å². The zero-order valence-corrected chi connectivity index (χ0v) is 13.3. The minimum atomic E-state index is 0.130. The van der Waals surface area contributed by atoms with Gasteiger partial charge in [0.2, 0.25) is 0 Å². The van der Waals surface area contributed by atoms with Crippen molar-refractivity contribution < 1.29 is 5.11 Å². The fraction of sp³-hybridized carbons (Fsp3) is 0.556. The van der Waals surface area contributed by atoms with E-state index in [1.165, 1.54) is 12.1 Å². The van der Waals surface area contributed by atoms with Gasteiger partial charge in [0.1, 0.15) is 0 Å². The maximum absolute atomic E-state index is 8.72. The van der Waals surface area contributed by atoms with E-state index in [9.17, 15) is 0 Å². The molecule has 1 heterocycles. The second-order valence-electron chi connectivity index (χ2n) is 6.17. The smallest absolute Gasteiger partial charge is 0.0540 e. The van der Waals surface area contributed by atoms with E-state index in [0.29, 0.717) is 12.5 Å². The van der Waals surface area contributed by atoms with E-state index in [2.05, 4.69) is 66.9 Å². The van der Waals surface area contributed by atoms with Gasteiger partial charge in [-0.2, -0.15) is 0 Å². The summed E-state index contributed by atoms with van der Waals surface area (Å²) in [6.45, 7) is 5.79. The van der Waals surface area contributed by atoms with Crippen LogP contribution < -0.4 is 0 Å². The standard InChI is InChI=1S/C18H26N2O/c1-15-12-20(14-18(15)19(2)3)13-17-9-7-16(8-10-17)6-4-5-11-21/h7-10,15,18,21H,5,11-14H2,1-3H3. The molecular formula is C18H26N2O. The highest BCUT2D eigenvalue weighted by molar-refractivity contribution is 5.36. The van der Waals surface area contributed by atoms with Gasteiger partial charge in [-0.3, -0.25) is 4.90 Å².